The molecule has 1 aliphatic rings. The summed E-state index contributed by atoms with van der Waals surface area (Å²) in [5.41, 5.74) is 0.147. The van der Waals surface area contributed by atoms with Crippen LogP contribution < -0.4 is 0 Å². The third kappa shape index (κ3) is 5.57. The predicted octanol–water partition coefficient (Wildman–Crippen LogP) is 1.28. The van der Waals surface area contributed by atoms with Gasteiger partial charge in [0.1, 0.15) is 0 Å². The van der Waals surface area contributed by atoms with Gasteiger partial charge in [0.2, 0.25) is 10.0 Å². The first kappa shape index (κ1) is 23.8. The van der Waals surface area contributed by atoms with Crippen molar-refractivity contribution in [3.63, 3.8) is 0 Å². The van der Waals surface area contributed by atoms with Crippen molar-refractivity contribution < 1.29 is 32.3 Å². The van der Waals surface area contributed by atoms with E-state index in [0.29, 0.717) is 32.5 Å². The van der Waals surface area contributed by atoms with Crippen molar-refractivity contribution in [2.45, 2.75) is 37.7 Å². The Balaban J connectivity index is 1.93. The van der Waals surface area contributed by atoms with Crippen LogP contribution in [0.25, 0.3) is 0 Å². The summed E-state index contributed by atoms with van der Waals surface area (Å²) in [6, 6.07) is 5.33. The molecule has 0 spiro atoms. The van der Waals surface area contributed by atoms with Crippen molar-refractivity contribution in [3.8, 4) is 0 Å². The molecule has 1 aromatic rings. The molecule has 10 heteroatoms. The number of nitrogens with zero attached hydrogens (tertiary/aromatic N) is 2. The van der Waals surface area contributed by atoms with Gasteiger partial charge in [0.05, 0.1) is 23.0 Å². The summed E-state index contributed by atoms with van der Waals surface area (Å²) in [5.74, 6) is -1.52. The number of sulfonamides is 1. The van der Waals surface area contributed by atoms with E-state index in [1.165, 1.54) is 45.3 Å². The summed E-state index contributed by atoms with van der Waals surface area (Å²) in [6.07, 6.45) is 0.0157. The van der Waals surface area contributed by atoms with Crippen LogP contribution >= 0.6 is 0 Å². The van der Waals surface area contributed by atoms with Gasteiger partial charge in [-0.1, -0.05) is 0 Å². The van der Waals surface area contributed by atoms with Gasteiger partial charge in [-0.25, -0.2) is 17.5 Å². The fraction of sp³-hybridized carbons (Fsp3) is 0.550. The molecule has 30 heavy (non-hydrogen) atoms. The molecule has 9 nitrogen and oxygen atoms in total. The molecule has 0 aromatic heterocycles. The summed E-state index contributed by atoms with van der Waals surface area (Å²) >= 11 is 0. The number of ether oxygens (including phenoxy) is 2. The molecule has 0 radical (unpaired) electrons. The molecule has 1 unspecified atom stereocenters. The second-order valence-electron chi connectivity index (χ2n) is 7.21. The van der Waals surface area contributed by atoms with Crippen LogP contribution in [0, 0.1) is 5.92 Å². The highest BCUT2D eigenvalue weighted by Gasteiger charge is 2.31. The van der Waals surface area contributed by atoms with E-state index in [2.05, 4.69) is 0 Å². The lowest BCUT2D eigenvalue weighted by Crippen LogP contribution is -2.45. The Bertz CT molecular complexity index is 873. The van der Waals surface area contributed by atoms with Crippen LogP contribution in [-0.2, 0) is 29.1 Å². The Hall–Kier alpha value is -2.46. The van der Waals surface area contributed by atoms with Crippen LogP contribution in [-0.4, -0.2) is 75.4 Å². The Morgan fingerprint density at radius 1 is 1.13 bits per heavy atom. The molecular formula is C20H28N2O7S. The van der Waals surface area contributed by atoms with E-state index in [1.54, 1.807) is 11.8 Å². The van der Waals surface area contributed by atoms with Crippen LogP contribution in [0.2, 0.25) is 0 Å². The smallest absolute Gasteiger partial charge is 0.338 e. The van der Waals surface area contributed by atoms with Gasteiger partial charge in [-0.2, -0.15) is 0 Å². The maximum Gasteiger partial charge on any atom is 0.338 e. The molecule has 1 saturated heterocycles. The number of carbonyl (C=O) groups excluding carboxylic acids is 3. The largest absolute Gasteiger partial charge is 0.466 e. The average molecular weight is 441 g/mol. The van der Waals surface area contributed by atoms with Gasteiger partial charge >= 0.3 is 11.9 Å². The minimum Gasteiger partial charge on any atom is -0.466 e. The number of carbonyl (C=O) groups is 3. The molecule has 1 atom stereocenters. The van der Waals surface area contributed by atoms with E-state index in [1.807, 2.05) is 0 Å². The van der Waals surface area contributed by atoms with E-state index in [4.69, 9.17) is 9.47 Å². The minimum atomic E-state index is -3.60. The molecule has 1 heterocycles. The maximum absolute atomic E-state index is 12.6. The van der Waals surface area contributed by atoms with Gasteiger partial charge in [-0.15, -0.1) is 0 Å². The molecule has 1 amide bonds. The number of rotatable bonds is 7. The highest BCUT2D eigenvalue weighted by molar-refractivity contribution is 7.89. The number of hydrogen-bond acceptors (Lipinski definition) is 7. The van der Waals surface area contributed by atoms with Gasteiger partial charge in [-0.3, -0.25) is 9.59 Å². The standard InChI is InChI=1S/C20H28N2O7S/c1-5-28-19(24)16-10-12-22(13-11-16)18(23)14(2)29-20(25)15-6-8-17(9-7-15)30(26,27)21(3)4/h6-9,14,16H,5,10-13H2,1-4H3. The zero-order valence-corrected chi connectivity index (χ0v) is 18.5. The first-order valence-electron chi connectivity index (χ1n) is 9.77. The van der Waals surface area contributed by atoms with E-state index >= 15 is 0 Å². The fourth-order valence-electron chi connectivity index (χ4n) is 3.11. The molecule has 166 valence electrons. The van der Waals surface area contributed by atoms with Crippen molar-refractivity contribution >= 4 is 27.9 Å². The van der Waals surface area contributed by atoms with Gasteiger partial charge in [0.25, 0.3) is 5.91 Å². The Labute approximate surface area is 177 Å². The summed E-state index contributed by atoms with van der Waals surface area (Å²) in [6.45, 7) is 4.35. The van der Waals surface area contributed by atoms with Crippen molar-refractivity contribution in [2.24, 2.45) is 5.92 Å². The van der Waals surface area contributed by atoms with Gasteiger partial charge in [-0.05, 0) is 51.0 Å². The number of amides is 1. The van der Waals surface area contributed by atoms with Crippen molar-refractivity contribution in [2.75, 3.05) is 33.8 Å². The second-order valence-corrected chi connectivity index (χ2v) is 9.36. The van der Waals surface area contributed by atoms with Gasteiger partial charge in [0.15, 0.2) is 6.10 Å². The molecule has 0 aliphatic carbocycles. The number of benzene rings is 1. The third-order valence-corrected chi connectivity index (χ3v) is 6.76. The third-order valence-electron chi connectivity index (χ3n) is 4.93. The first-order chi connectivity index (χ1) is 14.1. The lowest BCUT2D eigenvalue weighted by atomic mass is 9.97. The Kier molecular flexibility index (Phi) is 7.96. The second kappa shape index (κ2) is 10.0. The highest BCUT2D eigenvalue weighted by atomic mass is 32.2. The van der Waals surface area contributed by atoms with Crippen LogP contribution in [0.5, 0.6) is 0 Å². The van der Waals surface area contributed by atoms with Crippen LogP contribution in [0.1, 0.15) is 37.0 Å². The molecule has 1 aliphatic heterocycles. The van der Waals surface area contributed by atoms with Crippen LogP contribution in [0.3, 0.4) is 0 Å². The molecule has 1 aromatic carbocycles. The molecule has 0 bridgehead atoms. The summed E-state index contributed by atoms with van der Waals surface area (Å²) < 4.78 is 35.5. The minimum absolute atomic E-state index is 0.0534. The zero-order chi connectivity index (χ0) is 22.5. The number of likely N-dealkylation sites (tertiary alicyclic amines) is 1. The Morgan fingerprint density at radius 2 is 1.70 bits per heavy atom. The van der Waals surface area contributed by atoms with E-state index < -0.39 is 22.1 Å². The van der Waals surface area contributed by atoms with E-state index in [-0.39, 0.29) is 28.3 Å². The van der Waals surface area contributed by atoms with Crippen molar-refractivity contribution in [1.29, 1.82) is 0 Å². The molecular weight excluding hydrogens is 412 g/mol. The SMILES string of the molecule is CCOC(=O)C1CCN(C(=O)C(C)OC(=O)c2ccc(S(=O)(=O)N(C)C)cc2)CC1. The fourth-order valence-corrected chi connectivity index (χ4v) is 4.01. The van der Waals surface area contributed by atoms with Gasteiger partial charge < -0.3 is 14.4 Å². The quantitative estimate of drug-likeness (QED) is 0.588. The molecule has 0 saturated carbocycles. The van der Waals surface area contributed by atoms with Crippen LogP contribution in [0.15, 0.2) is 29.2 Å². The van der Waals surface area contributed by atoms with Crippen molar-refractivity contribution in [3.05, 3.63) is 29.8 Å². The van der Waals surface area contributed by atoms with Gasteiger partial charge in [0, 0.05) is 27.2 Å². The monoisotopic (exact) mass is 440 g/mol. The number of hydrogen-bond donors (Lipinski definition) is 0. The normalized spacial score (nSPS) is 16.2. The lowest BCUT2D eigenvalue weighted by Gasteiger charge is -2.32. The number of esters is 2. The maximum atomic E-state index is 12.6. The average Bonchev–Trinajstić information content (AvgIpc) is 2.73. The molecule has 0 N–H and O–H groups in total. The van der Waals surface area contributed by atoms with Crippen LogP contribution in [0.4, 0.5) is 0 Å². The molecule has 2 rings (SSSR count). The van der Waals surface area contributed by atoms with E-state index in [0.717, 1.165) is 4.31 Å². The Morgan fingerprint density at radius 3 is 2.20 bits per heavy atom. The number of piperidine rings is 1. The summed E-state index contributed by atoms with van der Waals surface area (Å²) in [7, 11) is -0.763. The highest BCUT2D eigenvalue weighted by Crippen LogP contribution is 2.20. The topological polar surface area (TPSA) is 110 Å². The summed E-state index contributed by atoms with van der Waals surface area (Å²) in [5, 5.41) is 0. The first-order valence-corrected chi connectivity index (χ1v) is 11.2. The molecule has 1 fully saturated rings. The lowest BCUT2D eigenvalue weighted by molar-refractivity contribution is -0.152. The van der Waals surface area contributed by atoms with Crippen molar-refractivity contribution in [1.82, 2.24) is 9.21 Å². The van der Waals surface area contributed by atoms with E-state index in [9.17, 15) is 22.8 Å². The predicted molar refractivity (Wildman–Crippen MR) is 108 cm³/mol. The zero-order valence-electron chi connectivity index (χ0n) is 17.7. The summed E-state index contributed by atoms with van der Waals surface area (Å²) in [4.78, 5) is 38.3.